The summed E-state index contributed by atoms with van der Waals surface area (Å²) < 4.78 is 5.19. The molecule has 0 amide bonds. The predicted molar refractivity (Wildman–Crippen MR) is 74.9 cm³/mol. The van der Waals surface area contributed by atoms with Gasteiger partial charge in [-0.15, -0.1) is 0 Å². The number of methoxy groups -OCH3 is 1. The van der Waals surface area contributed by atoms with Crippen LogP contribution in [-0.2, 0) is 0 Å². The summed E-state index contributed by atoms with van der Waals surface area (Å²) in [4.78, 5) is 0. The van der Waals surface area contributed by atoms with E-state index in [1.807, 2.05) is 18.2 Å². The van der Waals surface area contributed by atoms with Crippen LogP contribution in [0.25, 0.3) is 0 Å². The summed E-state index contributed by atoms with van der Waals surface area (Å²) in [6.45, 7) is 3.31. The number of unbranched alkanes of at least 4 members (excludes halogenated alkanes) is 5. The van der Waals surface area contributed by atoms with Crippen LogP contribution in [0, 0.1) is 0 Å². The maximum Gasteiger partial charge on any atom is 0.120 e. The van der Waals surface area contributed by atoms with Crippen molar-refractivity contribution in [2.75, 3.05) is 19.0 Å². The fraction of sp³-hybridized carbons (Fsp3) is 0.600. The molecule has 0 bridgehead atoms. The Labute approximate surface area is 105 Å². The van der Waals surface area contributed by atoms with E-state index in [-0.39, 0.29) is 0 Å². The van der Waals surface area contributed by atoms with Crippen molar-refractivity contribution >= 4 is 5.69 Å². The molecule has 0 spiro atoms. The Kier molecular flexibility index (Phi) is 7.28. The van der Waals surface area contributed by atoms with Gasteiger partial charge >= 0.3 is 0 Å². The summed E-state index contributed by atoms with van der Waals surface area (Å²) in [7, 11) is 1.70. The average molecular weight is 235 g/mol. The third-order valence-corrected chi connectivity index (χ3v) is 2.93. The minimum absolute atomic E-state index is 0.915. The fourth-order valence-electron chi connectivity index (χ4n) is 1.87. The Balaban J connectivity index is 2.09. The Hall–Kier alpha value is -1.18. The van der Waals surface area contributed by atoms with Crippen molar-refractivity contribution in [3.05, 3.63) is 24.3 Å². The highest BCUT2D eigenvalue weighted by molar-refractivity contribution is 5.47. The Morgan fingerprint density at radius 3 is 2.59 bits per heavy atom. The zero-order valence-electron chi connectivity index (χ0n) is 11.2. The van der Waals surface area contributed by atoms with Crippen LogP contribution in [-0.4, -0.2) is 13.7 Å². The Morgan fingerprint density at radius 1 is 1.06 bits per heavy atom. The summed E-state index contributed by atoms with van der Waals surface area (Å²) >= 11 is 0. The molecule has 0 fully saturated rings. The van der Waals surface area contributed by atoms with Gasteiger partial charge in [0.15, 0.2) is 0 Å². The molecule has 2 heteroatoms. The first-order valence-electron chi connectivity index (χ1n) is 6.74. The second kappa shape index (κ2) is 8.91. The lowest BCUT2D eigenvalue weighted by Crippen LogP contribution is -2.01. The highest BCUT2D eigenvalue weighted by Crippen LogP contribution is 2.16. The summed E-state index contributed by atoms with van der Waals surface area (Å²) in [5, 5.41) is 3.43. The molecule has 0 atom stereocenters. The lowest BCUT2D eigenvalue weighted by molar-refractivity contribution is 0.415. The van der Waals surface area contributed by atoms with Crippen LogP contribution in [0.1, 0.15) is 45.4 Å². The van der Waals surface area contributed by atoms with Gasteiger partial charge < -0.3 is 10.1 Å². The van der Waals surface area contributed by atoms with Crippen LogP contribution in [0.3, 0.4) is 0 Å². The van der Waals surface area contributed by atoms with E-state index in [4.69, 9.17) is 4.74 Å². The van der Waals surface area contributed by atoms with E-state index in [1.54, 1.807) is 7.11 Å². The van der Waals surface area contributed by atoms with Crippen molar-refractivity contribution in [2.45, 2.75) is 45.4 Å². The van der Waals surface area contributed by atoms with Gasteiger partial charge in [0.1, 0.15) is 5.75 Å². The summed E-state index contributed by atoms with van der Waals surface area (Å²) in [5.41, 5.74) is 1.15. The van der Waals surface area contributed by atoms with E-state index in [0.29, 0.717) is 0 Å². The monoisotopic (exact) mass is 235 g/mol. The lowest BCUT2D eigenvalue weighted by atomic mass is 10.1. The number of hydrogen-bond acceptors (Lipinski definition) is 2. The molecule has 0 heterocycles. The summed E-state index contributed by atoms with van der Waals surface area (Å²) in [6, 6.07) is 8.11. The molecule has 1 aromatic rings. The molecule has 2 nitrogen and oxygen atoms in total. The molecule has 1 N–H and O–H groups in total. The van der Waals surface area contributed by atoms with E-state index in [1.165, 1.54) is 38.5 Å². The van der Waals surface area contributed by atoms with Crippen molar-refractivity contribution in [3.63, 3.8) is 0 Å². The molecular formula is C15H25NO. The molecule has 0 saturated carbocycles. The minimum Gasteiger partial charge on any atom is -0.497 e. The molecule has 1 aromatic carbocycles. The molecular weight excluding hydrogens is 210 g/mol. The first kappa shape index (κ1) is 13.9. The van der Waals surface area contributed by atoms with Crippen molar-refractivity contribution < 1.29 is 4.74 Å². The number of anilines is 1. The van der Waals surface area contributed by atoms with Crippen molar-refractivity contribution in [2.24, 2.45) is 0 Å². The molecule has 0 aliphatic heterocycles. The molecule has 0 aromatic heterocycles. The van der Waals surface area contributed by atoms with E-state index < -0.39 is 0 Å². The molecule has 1 rings (SSSR count). The largest absolute Gasteiger partial charge is 0.497 e. The van der Waals surface area contributed by atoms with E-state index >= 15 is 0 Å². The molecule has 0 aliphatic carbocycles. The highest BCUT2D eigenvalue weighted by atomic mass is 16.5. The van der Waals surface area contributed by atoms with E-state index in [9.17, 15) is 0 Å². The molecule has 0 aliphatic rings. The first-order chi connectivity index (χ1) is 8.36. The standard InChI is InChI=1S/C15H25NO/c1-3-4-5-6-7-8-12-16-14-10-9-11-15(13-14)17-2/h9-11,13,16H,3-8,12H2,1-2H3. The van der Waals surface area contributed by atoms with Gasteiger partial charge in [-0.3, -0.25) is 0 Å². The fourth-order valence-corrected chi connectivity index (χ4v) is 1.87. The maximum atomic E-state index is 5.19. The van der Waals surface area contributed by atoms with Crippen molar-refractivity contribution in [1.29, 1.82) is 0 Å². The lowest BCUT2D eigenvalue weighted by Gasteiger charge is -2.07. The zero-order chi connectivity index (χ0) is 12.3. The quantitative estimate of drug-likeness (QED) is 0.638. The second-order valence-electron chi connectivity index (χ2n) is 4.43. The van der Waals surface area contributed by atoms with Crippen LogP contribution in [0.4, 0.5) is 5.69 Å². The zero-order valence-corrected chi connectivity index (χ0v) is 11.2. The topological polar surface area (TPSA) is 21.3 Å². The number of nitrogens with one attached hydrogen (secondary N) is 1. The number of benzene rings is 1. The van der Waals surface area contributed by atoms with Gasteiger partial charge in [0, 0.05) is 18.3 Å². The van der Waals surface area contributed by atoms with E-state index in [2.05, 4.69) is 18.3 Å². The van der Waals surface area contributed by atoms with Gasteiger partial charge in [0.25, 0.3) is 0 Å². The van der Waals surface area contributed by atoms with Gasteiger partial charge in [0.05, 0.1) is 7.11 Å². The smallest absolute Gasteiger partial charge is 0.120 e. The molecule has 17 heavy (non-hydrogen) atoms. The highest BCUT2D eigenvalue weighted by Gasteiger charge is 1.95. The summed E-state index contributed by atoms with van der Waals surface area (Å²) in [5.74, 6) is 0.915. The average Bonchev–Trinajstić information content (AvgIpc) is 2.38. The van der Waals surface area contributed by atoms with Crippen LogP contribution >= 0.6 is 0 Å². The maximum absolute atomic E-state index is 5.19. The van der Waals surface area contributed by atoms with Gasteiger partial charge in [-0.1, -0.05) is 45.1 Å². The third-order valence-electron chi connectivity index (χ3n) is 2.93. The summed E-state index contributed by atoms with van der Waals surface area (Å²) in [6.07, 6.45) is 8.03. The van der Waals surface area contributed by atoms with E-state index in [0.717, 1.165) is 18.0 Å². The Bertz CT molecular complexity index is 299. The number of hydrogen-bond donors (Lipinski definition) is 1. The van der Waals surface area contributed by atoms with Gasteiger partial charge in [-0.2, -0.15) is 0 Å². The van der Waals surface area contributed by atoms with Crippen molar-refractivity contribution in [3.8, 4) is 5.75 Å². The third kappa shape index (κ3) is 6.20. The normalized spacial score (nSPS) is 10.2. The second-order valence-corrected chi connectivity index (χ2v) is 4.43. The number of ether oxygens (including phenoxy) is 1. The van der Waals surface area contributed by atoms with Crippen molar-refractivity contribution in [1.82, 2.24) is 0 Å². The van der Waals surface area contributed by atoms with Crippen LogP contribution in [0.5, 0.6) is 5.75 Å². The first-order valence-corrected chi connectivity index (χ1v) is 6.74. The molecule has 0 saturated heterocycles. The molecule has 0 unspecified atom stereocenters. The van der Waals surface area contributed by atoms with Crippen LogP contribution < -0.4 is 10.1 Å². The van der Waals surface area contributed by atoms with Crippen LogP contribution in [0.2, 0.25) is 0 Å². The minimum atomic E-state index is 0.915. The van der Waals surface area contributed by atoms with Crippen LogP contribution in [0.15, 0.2) is 24.3 Å². The van der Waals surface area contributed by atoms with Gasteiger partial charge in [-0.05, 0) is 18.6 Å². The van der Waals surface area contributed by atoms with Gasteiger partial charge in [-0.25, -0.2) is 0 Å². The molecule has 96 valence electrons. The number of rotatable bonds is 9. The molecule has 0 radical (unpaired) electrons. The van der Waals surface area contributed by atoms with Gasteiger partial charge in [0.2, 0.25) is 0 Å². The Morgan fingerprint density at radius 2 is 1.82 bits per heavy atom. The predicted octanol–water partition coefficient (Wildman–Crippen LogP) is 4.47. The SMILES string of the molecule is CCCCCCCCNc1cccc(OC)c1.